The van der Waals surface area contributed by atoms with Gasteiger partial charge < -0.3 is 14.6 Å². The van der Waals surface area contributed by atoms with Gasteiger partial charge in [-0.2, -0.15) is 4.98 Å². The molecule has 0 saturated heterocycles. The van der Waals surface area contributed by atoms with Crippen molar-refractivity contribution in [3.8, 4) is 17.1 Å². The first-order chi connectivity index (χ1) is 10.1. The second kappa shape index (κ2) is 7.17. The molecule has 0 aliphatic carbocycles. The van der Waals surface area contributed by atoms with Gasteiger partial charge in [0.25, 0.3) is 0 Å². The summed E-state index contributed by atoms with van der Waals surface area (Å²) in [5.74, 6) is 0.745. The van der Waals surface area contributed by atoms with E-state index in [0.29, 0.717) is 23.7 Å². The summed E-state index contributed by atoms with van der Waals surface area (Å²) < 4.78 is 23.6. The Kier molecular flexibility index (Phi) is 5.27. The second-order valence-corrected chi connectivity index (χ2v) is 4.92. The molecule has 21 heavy (non-hydrogen) atoms. The summed E-state index contributed by atoms with van der Waals surface area (Å²) in [4.78, 5) is 4.34. The number of rotatable bonds is 7. The number of hydrogen-bond acceptors (Lipinski definition) is 5. The van der Waals surface area contributed by atoms with Crippen molar-refractivity contribution in [3.63, 3.8) is 0 Å². The molecule has 2 rings (SSSR count). The Morgan fingerprint density at radius 1 is 1.43 bits per heavy atom. The zero-order chi connectivity index (χ0) is 15.2. The van der Waals surface area contributed by atoms with E-state index in [9.17, 15) is 4.39 Å². The largest absolute Gasteiger partial charge is 0.494 e. The Morgan fingerprint density at radius 2 is 2.24 bits per heavy atom. The van der Waals surface area contributed by atoms with Crippen molar-refractivity contribution in [1.29, 1.82) is 0 Å². The average Bonchev–Trinajstić information content (AvgIpc) is 2.94. The van der Waals surface area contributed by atoms with Crippen molar-refractivity contribution in [1.82, 2.24) is 15.5 Å². The maximum Gasteiger partial charge on any atom is 0.228 e. The normalized spacial score (nSPS) is 12.4. The minimum Gasteiger partial charge on any atom is -0.494 e. The van der Waals surface area contributed by atoms with Gasteiger partial charge in [-0.3, -0.25) is 0 Å². The highest BCUT2D eigenvalue weighted by Crippen LogP contribution is 2.24. The van der Waals surface area contributed by atoms with Crippen molar-refractivity contribution >= 4 is 0 Å². The highest BCUT2D eigenvalue weighted by Gasteiger charge is 2.13. The van der Waals surface area contributed by atoms with E-state index >= 15 is 0 Å². The zero-order valence-corrected chi connectivity index (χ0v) is 12.5. The fraction of sp³-hybridized carbons (Fsp3) is 0.467. The molecule has 0 bridgehead atoms. The predicted molar refractivity (Wildman–Crippen MR) is 77.7 cm³/mol. The molecule has 5 nitrogen and oxygen atoms in total. The minimum absolute atomic E-state index is 0.164. The highest BCUT2D eigenvalue weighted by molar-refractivity contribution is 5.57. The molecule has 6 heteroatoms. The second-order valence-electron chi connectivity index (χ2n) is 4.92. The van der Waals surface area contributed by atoms with Crippen molar-refractivity contribution < 1.29 is 13.7 Å². The molecule has 0 aliphatic rings. The molecule has 1 atom stereocenters. The fourth-order valence-electron chi connectivity index (χ4n) is 1.98. The number of nitrogens with zero attached hydrogens (tertiary/aromatic N) is 2. The van der Waals surface area contributed by atoms with Crippen LogP contribution in [0, 0.1) is 5.82 Å². The third-order valence-electron chi connectivity index (χ3n) is 3.10. The van der Waals surface area contributed by atoms with Crippen LogP contribution in [0.2, 0.25) is 0 Å². The molecule has 1 aromatic heterocycles. The molecule has 0 saturated carbocycles. The van der Waals surface area contributed by atoms with E-state index in [4.69, 9.17) is 9.26 Å². The van der Waals surface area contributed by atoms with E-state index in [1.165, 1.54) is 13.2 Å². The molecule has 1 aromatic carbocycles. The summed E-state index contributed by atoms with van der Waals surface area (Å²) in [5.41, 5.74) is 0.664. The standard InChI is InChI=1S/C15H20FN3O2/c1-4-7-17-10(2)8-14-18-15(19-21-14)11-5-6-12(16)13(9-11)20-3/h5-6,9-10,17H,4,7-8H2,1-3H3. The molecule has 1 N–H and O–H groups in total. The van der Waals surface area contributed by atoms with Crippen LogP contribution in [0.4, 0.5) is 4.39 Å². The Bertz CT molecular complexity index is 586. The van der Waals surface area contributed by atoms with Crippen LogP contribution < -0.4 is 10.1 Å². The summed E-state index contributed by atoms with van der Waals surface area (Å²) in [6.07, 6.45) is 1.74. The number of benzene rings is 1. The van der Waals surface area contributed by atoms with Crippen molar-refractivity contribution in [2.75, 3.05) is 13.7 Å². The fourth-order valence-corrected chi connectivity index (χ4v) is 1.98. The van der Waals surface area contributed by atoms with Crippen LogP contribution in [-0.4, -0.2) is 29.8 Å². The monoisotopic (exact) mass is 293 g/mol. The molecule has 114 valence electrons. The molecular weight excluding hydrogens is 273 g/mol. The molecule has 0 fully saturated rings. The lowest BCUT2D eigenvalue weighted by Crippen LogP contribution is -2.28. The predicted octanol–water partition coefficient (Wildman–Crippen LogP) is 2.81. The van der Waals surface area contributed by atoms with Gasteiger partial charge in [-0.15, -0.1) is 0 Å². The number of hydrogen-bond donors (Lipinski definition) is 1. The highest BCUT2D eigenvalue weighted by atomic mass is 19.1. The van der Waals surface area contributed by atoms with Crippen molar-refractivity contribution in [2.24, 2.45) is 0 Å². The summed E-state index contributed by atoms with van der Waals surface area (Å²) in [6.45, 7) is 5.14. The molecule has 1 heterocycles. The van der Waals surface area contributed by atoms with E-state index in [1.54, 1.807) is 12.1 Å². The van der Waals surface area contributed by atoms with Gasteiger partial charge in [0.05, 0.1) is 7.11 Å². The molecule has 0 aliphatic heterocycles. The lowest BCUT2D eigenvalue weighted by atomic mass is 10.2. The quantitative estimate of drug-likeness (QED) is 0.850. The van der Waals surface area contributed by atoms with Crippen LogP contribution in [0.1, 0.15) is 26.2 Å². The lowest BCUT2D eigenvalue weighted by molar-refractivity contribution is 0.362. The Labute approximate surface area is 123 Å². The minimum atomic E-state index is -0.414. The number of methoxy groups -OCH3 is 1. The third-order valence-corrected chi connectivity index (χ3v) is 3.10. The molecule has 1 unspecified atom stereocenters. The summed E-state index contributed by atoms with van der Waals surface area (Å²) >= 11 is 0. The molecule has 0 amide bonds. The van der Waals surface area contributed by atoms with E-state index in [2.05, 4.69) is 29.3 Å². The summed E-state index contributed by atoms with van der Waals surface area (Å²) in [5, 5.41) is 7.29. The van der Waals surface area contributed by atoms with Gasteiger partial charge in [0.15, 0.2) is 11.6 Å². The molecule has 2 aromatic rings. The van der Waals surface area contributed by atoms with Crippen LogP contribution in [-0.2, 0) is 6.42 Å². The van der Waals surface area contributed by atoms with Crippen molar-refractivity contribution in [2.45, 2.75) is 32.7 Å². The number of nitrogens with one attached hydrogen (secondary N) is 1. The molecule has 0 radical (unpaired) electrons. The van der Waals surface area contributed by atoms with Crippen molar-refractivity contribution in [3.05, 3.63) is 29.9 Å². The third kappa shape index (κ3) is 4.01. The number of ether oxygens (including phenoxy) is 1. The van der Waals surface area contributed by atoms with Crippen LogP contribution in [0.3, 0.4) is 0 Å². The van der Waals surface area contributed by atoms with Gasteiger partial charge in [0, 0.05) is 18.0 Å². The van der Waals surface area contributed by atoms with Gasteiger partial charge in [-0.25, -0.2) is 4.39 Å². The van der Waals surface area contributed by atoms with Gasteiger partial charge >= 0.3 is 0 Å². The Balaban J connectivity index is 2.09. The van der Waals surface area contributed by atoms with Crippen LogP contribution in [0.25, 0.3) is 11.4 Å². The Morgan fingerprint density at radius 3 is 2.95 bits per heavy atom. The van der Waals surface area contributed by atoms with E-state index in [1.807, 2.05) is 0 Å². The average molecular weight is 293 g/mol. The number of aromatic nitrogens is 2. The first kappa shape index (κ1) is 15.4. The SMILES string of the molecule is CCCNC(C)Cc1nc(-c2ccc(F)c(OC)c2)no1. The van der Waals surface area contributed by atoms with E-state index < -0.39 is 5.82 Å². The van der Waals surface area contributed by atoms with Crippen LogP contribution in [0.15, 0.2) is 22.7 Å². The Hall–Kier alpha value is -1.95. The summed E-state index contributed by atoms with van der Waals surface area (Å²) in [6, 6.07) is 4.75. The topological polar surface area (TPSA) is 60.2 Å². The molecule has 0 spiro atoms. The van der Waals surface area contributed by atoms with Gasteiger partial charge in [-0.05, 0) is 38.1 Å². The van der Waals surface area contributed by atoms with Gasteiger partial charge in [0.2, 0.25) is 11.7 Å². The smallest absolute Gasteiger partial charge is 0.228 e. The first-order valence-electron chi connectivity index (χ1n) is 7.04. The first-order valence-corrected chi connectivity index (χ1v) is 7.04. The number of halogens is 1. The maximum atomic E-state index is 13.4. The zero-order valence-electron chi connectivity index (χ0n) is 12.5. The van der Waals surface area contributed by atoms with E-state index in [-0.39, 0.29) is 11.8 Å². The lowest BCUT2D eigenvalue weighted by Gasteiger charge is -2.09. The molecular formula is C15H20FN3O2. The van der Waals surface area contributed by atoms with Gasteiger partial charge in [-0.1, -0.05) is 12.1 Å². The van der Waals surface area contributed by atoms with Crippen LogP contribution in [0.5, 0.6) is 5.75 Å². The van der Waals surface area contributed by atoms with Crippen LogP contribution >= 0.6 is 0 Å². The van der Waals surface area contributed by atoms with Gasteiger partial charge in [0.1, 0.15) is 0 Å². The maximum absolute atomic E-state index is 13.4. The summed E-state index contributed by atoms with van der Waals surface area (Å²) in [7, 11) is 1.42. The van der Waals surface area contributed by atoms with E-state index in [0.717, 1.165) is 13.0 Å².